The van der Waals surface area contributed by atoms with Crippen LogP contribution in [0.1, 0.15) is 26.7 Å². The average molecular weight is 593 g/mol. The second kappa shape index (κ2) is 13.0. The number of carbonyl (C=O) groups excluding carboxylic acids is 1. The summed E-state index contributed by atoms with van der Waals surface area (Å²) in [6.45, 7) is 5.50. The highest BCUT2D eigenvalue weighted by molar-refractivity contribution is 7.19. The van der Waals surface area contributed by atoms with Gasteiger partial charge in [-0.3, -0.25) is 4.79 Å². The molecule has 2 aromatic heterocycles. The molecule has 0 unspecified atom stereocenters. The van der Waals surface area contributed by atoms with Crippen molar-refractivity contribution in [2.45, 2.75) is 32.8 Å². The minimum Gasteiger partial charge on any atom is -0.497 e. The van der Waals surface area contributed by atoms with E-state index in [1.165, 1.54) is 17.4 Å². The molecule has 1 fully saturated rings. The number of nitrogens with zero attached hydrogens (tertiary/aromatic N) is 4. The van der Waals surface area contributed by atoms with Crippen molar-refractivity contribution in [3.63, 3.8) is 0 Å². The Morgan fingerprint density at radius 2 is 1.81 bits per heavy atom. The number of anilines is 3. The summed E-state index contributed by atoms with van der Waals surface area (Å²) in [5, 5.41) is 7.13. The van der Waals surface area contributed by atoms with E-state index < -0.39 is 5.82 Å². The Hall–Kier alpha value is -4.45. The zero-order valence-electron chi connectivity index (χ0n) is 23.9. The third kappa shape index (κ3) is 6.71. The maximum atomic E-state index is 15.0. The van der Waals surface area contributed by atoms with Crippen molar-refractivity contribution in [1.82, 2.24) is 19.9 Å². The lowest BCUT2D eigenvalue weighted by molar-refractivity contribution is -0.130. The van der Waals surface area contributed by atoms with E-state index in [-0.39, 0.29) is 17.8 Å². The van der Waals surface area contributed by atoms with Gasteiger partial charge in [-0.15, -0.1) is 0 Å². The van der Waals surface area contributed by atoms with Crippen LogP contribution >= 0.6 is 11.3 Å². The predicted molar refractivity (Wildman–Crippen MR) is 161 cm³/mol. The Kier molecular flexibility index (Phi) is 9.01. The molecular weight excluding hydrogens is 559 g/mol. The summed E-state index contributed by atoms with van der Waals surface area (Å²) in [5.41, 5.74) is 2.68. The van der Waals surface area contributed by atoms with Gasteiger partial charge in [-0.2, -0.15) is 0 Å². The van der Waals surface area contributed by atoms with Gasteiger partial charge < -0.3 is 29.7 Å². The van der Waals surface area contributed by atoms with Crippen LogP contribution in [-0.2, 0) is 4.79 Å². The molecular formula is C30H33FN6O4S. The van der Waals surface area contributed by atoms with E-state index in [0.717, 1.165) is 21.3 Å². The van der Waals surface area contributed by atoms with E-state index in [1.54, 1.807) is 50.4 Å². The first-order chi connectivity index (χ1) is 20.4. The number of methoxy groups -OCH3 is 2. The zero-order chi connectivity index (χ0) is 29.6. The molecule has 0 radical (unpaired) electrons. The van der Waals surface area contributed by atoms with Crippen molar-refractivity contribution in [3.8, 4) is 39.1 Å². The maximum absolute atomic E-state index is 15.0. The number of nitrogens with one attached hydrogen (secondary N) is 2. The highest BCUT2D eigenvalue weighted by Crippen LogP contribution is 2.41. The number of rotatable bonds is 10. The van der Waals surface area contributed by atoms with E-state index >= 15 is 0 Å². The molecule has 4 aromatic rings. The van der Waals surface area contributed by atoms with Crippen molar-refractivity contribution in [2.75, 3.05) is 44.5 Å². The van der Waals surface area contributed by atoms with Gasteiger partial charge in [0.25, 0.3) is 0 Å². The Morgan fingerprint density at radius 1 is 1.07 bits per heavy atom. The third-order valence-electron chi connectivity index (χ3n) is 6.84. The number of aromatic nitrogens is 3. The first-order valence-electron chi connectivity index (χ1n) is 13.7. The highest BCUT2D eigenvalue weighted by Gasteiger charge is 2.23. The monoisotopic (exact) mass is 592 g/mol. The van der Waals surface area contributed by atoms with E-state index in [4.69, 9.17) is 24.2 Å². The van der Waals surface area contributed by atoms with Crippen molar-refractivity contribution in [2.24, 2.45) is 0 Å². The summed E-state index contributed by atoms with van der Waals surface area (Å²) < 4.78 is 31.8. The minimum atomic E-state index is -0.489. The van der Waals surface area contributed by atoms with Gasteiger partial charge in [0, 0.05) is 69.0 Å². The molecule has 1 aliphatic rings. The van der Waals surface area contributed by atoms with Crippen LogP contribution in [0, 0.1) is 5.82 Å². The summed E-state index contributed by atoms with van der Waals surface area (Å²) in [5.74, 6) is 1.34. The first-order valence-corrected chi connectivity index (χ1v) is 14.5. The van der Waals surface area contributed by atoms with E-state index in [1.807, 2.05) is 25.1 Å². The van der Waals surface area contributed by atoms with Gasteiger partial charge in [-0.1, -0.05) is 11.3 Å². The second-order valence-corrected chi connectivity index (χ2v) is 10.7. The molecule has 1 saturated heterocycles. The summed E-state index contributed by atoms with van der Waals surface area (Å²) in [6.07, 6.45) is 2.84. The highest BCUT2D eigenvalue weighted by atomic mass is 32.1. The van der Waals surface area contributed by atoms with E-state index in [0.29, 0.717) is 61.3 Å². The fourth-order valence-electron chi connectivity index (χ4n) is 4.68. The molecule has 2 aromatic carbocycles. The number of carbonyl (C=O) groups is 1. The number of thiazole rings is 1. The number of benzene rings is 2. The van der Waals surface area contributed by atoms with Crippen molar-refractivity contribution in [3.05, 3.63) is 54.5 Å². The van der Waals surface area contributed by atoms with Gasteiger partial charge >= 0.3 is 0 Å². The molecule has 0 bridgehead atoms. The fourth-order valence-corrected chi connectivity index (χ4v) is 5.70. The van der Waals surface area contributed by atoms with Gasteiger partial charge in [-0.05, 0) is 37.3 Å². The van der Waals surface area contributed by atoms with Crippen molar-refractivity contribution < 1.29 is 23.4 Å². The zero-order valence-corrected chi connectivity index (χ0v) is 24.8. The molecule has 10 nitrogen and oxygen atoms in total. The van der Waals surface area contributed by atoms with Gasteiger partial charge in [0.05, 0.1) is 30.5 Å². The summed E-state index contributed by atoms with van der Waals surface area (Å²) >= 11 is 1.48. The minimum absolute atomic E-state index is 0.0477. The first kappa shape index (κ1) is 29.1. The average Bonchev–Trinajstić information content (AvgIpc) is 3.43. The smallest absolute Gasteiger partial charge is 0.227 e. The number of amides is 1. The molecule has 0 saturated carbocycles. The lowest BCUT2D eigenvalue weighted by atomic mass is 10.1. The van der Waals surface area contributed by atoms with Crippen LogP contribution in [0.15, 0.2) is 48.7 Å². The molecule has 2 N–H and O–H groups in total. The molecule has 42 heavy (non-hydrogen) atoms. The predicted octanol–water partition coefficient (Wildman–Crippen LogP) is 5.99. The molecule has 1 aliphatic heterocycles. The van der Waals surface area contributed by atoms with Crippen LogP contribution in [0.2, 0.25) is 0 Å². The molecule has 1 amide bonds. The standard InChI is InChI=1S/C30H33FN6O4S/c1-5-32-30-36-27(19-14-22(39-3)17-23(15-19)40-4)28(42-30)25-8-11-33-29(35-25)34-20-6-7-26(24(31)16-20)41-21-9-12-37(13-10-21)18(2)38/h6-8,11,14-17,21H,5,9-10,12-13H2,1-4H3,(H,32,36)(H,33,34,35). The summed E-state index contributed by atoms with van der Waals surface area (Å²) in [4.78, 5) is 28.1. The van der Waals surface area contributed by atoms with Gasteiger partial charge in [0.15, 0.2) is 16.7 Å². The van der Waals surface area contributed by atoms with Crippen LogP contribution in [0.3, 0.4) is 0 Å². The molecule has 12 heteroatoms. The molecule has 0 aliphatic carbocycles. The Labute approximate surface area is 247 Å². The van der Waals surface area contributed by atoms with Gasteiger partial charge in [0.1, 0.15) is 17.6 Å². The van der Waals surface area contributed by atoms with Crippen LogP contribution in [-0.4, -0.2) is 65.7 Å². The summed E-state index contributed by atoms with van der Waals surface area (Å²) in [6, 6.07) is 12.1. The second-order valence-electron chi connectivity index (χ2n) is 9.69. The Morgan fingerprint density at radius 3 is 2.45 bits per heavy atom. The van der Waals surface area contributed by atoms with Crippen LogP contribution in [0.4, 0.5) is 21.2 Å². The number of halogens is 1. The number of likely N-dealkylation sites (tertiary alicyclic amines) is 1. The number of hydrogen-bond donors (Lipinski definition) is 2. The Bertz CT molecular complexity index is 1530. The Balaban J connectivity index is 1.36. The van der Waals surface area contributed by atoms with E-state index in [2.05, 4.69) is 15.6 Å². The molecule has 5 rings (SSSR count). The van der Waals surface area contributed by atoms with Crippen LogP contribution in [0.5, 0.6) is 17.2 Å². The fraction of sp³-hybridized carbons (Fsp3) is 0.333. The molecule has 0 spiro atoms. The van der Waals surface area contributed by atoms with E-state index in [9.17, 15) is 9.18 Å². The van der Waals surface area contributed by atoms with Gasteiger partial charge in [-0.25, -0.2) is 19.3 Å². The third-order valence-corrected chi connectivity index (χ3v) is 7.87. The normalized spacial score (nSPS) is 13.5. The van der Waals surface area contributed by atoms with Crippen molar-refractivity contribution in [1.29, 1.82) is 0 Å². The quantitative estimate of drug-likeness (QED) is 0.229. The van der Waals surface area contributed by atoms with Gasteiger partial charge in [0.2, 0.25) is 11.9 Å². The number of ether oxygens (including phenoxy) is 3. The lowest BCUT2D eigenvalue weighted by Crippen LogP contribution is -2.40. The topological polar surface area (TPSA) is 111 Å². The van der Waals surface area contributed by atoms with Crippen LogP contribution < -0.4 is 24.8 Å². The number of piperidine rings is 1. The largest absolute Gasteiger partial charge is 0.497 e. The molecule has 0 atom stereocenters. The maximum Gasteiger partial charge on any atom is 0.227 e. The SMILES string of the molecule is CCNc1nc(-c2cc(OC)cc(OC)c2)c(-c2ccnc(Nc3ccc(OC4CCN(C(C)=O)CC4)c(F)c3)n2)s1. The number of hydrogen-bond acceptors (Lipinski definition) is 10. The van der Waals surface area contributed by atoms with Crippen molar-refractivity contribution >= 4 is 34.0 Å². The molecule has 3 heterocycles. The summed E-state index contributed by atoms with van der Waals surface area (Å²) in [7, 11) is 3.21. The van der Waals surface area contributed by atoms with Crippen LogP contribution in [0.25, 0.3) is 21.8 Å². The lowest BCUT2D eigenvalue weighted by Gasteiger charge is -2.31. The molecule has 220 valence electrons.